The predicted molar refractivity (Wildman–Crippen MR) is 34.5 cm³/mol. The molecule has 0 spiro atoms. The van der Waals surface area contributed by atoms with Gasteiger partial charge in [-0.05, 0) is 11.3 Å². The number of hydrogen-bond acceptors (Lipinski definition) is 7. The average Bonchev–Trinajstić information content (AvgIpc) is 1.88. The van der Waals surface area contributed by atoms with E-state index in [0.29, 0.717) is 0 Å². The van der Waals surface area contributed by atoms with Crippen LogP contribution in [0, 0.1) is 0 Å². The SMILES string of the molecule is O[Si](O)(O)O.c1cnnnc1. The smallest absolute Gasteiger partial charge is 0.368 e. The Kier molecular flexibility index (Phi) is 4.41. The lowest BCUT2D eigenvalue weighted by Crippen LogP contribution is -2.33. The summed E-state index contributed by atoms with van der Waals surface area (Å²) in [5, 5.41) is 10.1. The van der Waals surface area contributed by atoms with Crippen molar-refractivity contribution < 1.29 is 19.2 Å². The average molecular weight is 177 g/mol. The Bertz CT molecular complexity index is 145. The fourth-order valence-corrected chi connectivity index (χ4v) is 0.205. The van der Waals surface area contributed by atoms with Crippen molar-refractivity contribution in [2.75, 3.05) is 0 Å². The Labute approximate surface area is 63.1 Å². The van der Waals surface area contributed by atoms with Crippen molar-refractivity contribution in [3.8, 4) is 0 Å². The molecule has 4 N–H and O–H groups in total. The van der Waals surface area contributed by atoms with Crippen molar-refractivity contribution in [2.45, 2.75) is 0 Å². The summed E-state index contributed by atoms with van der Waals surface area (Å²) in [5.41, 5.74) is 0. The van der Waals surface area contributed by atoms with Gasteiger partial charge in [-0.1, -0.05) is 0 Å². The normalized spacial score (nSPS) is 9.82. The van der Waals surface area contributed by atoms with Crippen LogP contribution in [0.25, 0.3) is 0 Å². The van der Waals surface area contributed by atoms with Crippen LogP contribution in [0.15, 0.2) is 18.5 Å². The van der Waals surface area contributed by atoms with Crippen LogP contribution in [0.4, 0.5) is 0 Å². The van der Waals surface area contributed by atoms with E-state index in [4.69, 9.17) is 19.2 Å². The number of nitrogens with zero attached hydrogens (tertiary/aromatic N) is 3. The number of hydrogen-bond donors (Lipinski definition) is 4. The molecule has 1 aromatic rings. The Balaban J connectivity index is 0.000000187. The molecule has 0 saturated heterocycles. The highest BCUT2D eigenvalue weighted by atomic mass is 28.4. The van der Waals surface area contributed by atoms with Gasteiger partial charge in [-0.3, -0.25) is 0 Å². The van der Waals surface area contributed by atoms with Crippen molar-refractivity contribution in [2.24, 2.45) is 0 Å². The molecular weight excluding hydrogens is 170 g/mol. The highest BCUT2D eigenvalue weighted by molar-refractivity contribution is 6.46. The van der Waals surface area contributed by atoms with Gasteiger partial charge in [0.05, 0.1) is 12.4 Å². The van der Waals surface area contributed by atoms with Crippen LogP contribution in [0.1, 0.15) is 0 Å². The molecule has 1 heterocycles. The molecule has 62 valence electrons. The third-order valence-electron chi connectivity index (χ3n) is 0.409. The Morgan fingerprint density at radius 1 is 0.909 bits per heavy atom. The minimum atomic E-state index is -4.61. The van der Waals surface area contributed by atoms with Gasteiger partial charge in [-0.2, -0.15) is 0 Å². The molecule has 0 aliphatic carbocycles. The first-order valence-corrected chi connectivity index (χ1v) is 4.27. The fourth-order valence-electron chi connectivity index (χ4n) is 0.205. The largest absolute Gasteiger partial charge is 0.668 e. The summed E-state index contributed by atoms with van der Waals surface area (Å²) in [6, 6.07) is 1.72. The van der Waals surface area contributed by atoms with E-state index in [0.717, 1.165) is 0 Å². The molecule has 8 heteroatoms. The van der Waals surface area contributed by atoms with Gasteiger partial charge in [-0.15, -0.1) is 10.2 Å². The summed E-state index contributed by atoms with van der Waals surface area (Å²) >= 11 is 0. The predicted octanol–water partition coefficient (Wildman–Crippen LogP) is -2.74. The van der Waals surface area contributed by atoms with E-state index in [2.05, 4.69) is 15.4 Å². The highest BCUT2D eigenvalue weighted by Crippen LogP contribution is 1.67. The van der Waals surface area contributed by atoms with Crippen molar-refractivity contribution in [1.29, 1.82) is 0 Å². The van der Waals surface area contributed by atoms with E-state index in [9.17, 15) is 0 Å². The van der Waals surface area contributed by atoms with Crippen LogP contribution in [-0.4, -0.2) is 43.6 Å². The highest BCUT2D eigenvalue weighted by Gasteiger charge is 2.22. The van der Waals surface area contributed by atoms with E-state index >= 15 is 0 Å². The van der Waals surface area contributed by atoms with Gasteiger partial charge in [0.2, 0.25) is 0 Å². The third-order valence-corrected chi connectivity index (χ3v) is 0.409. The van der Waals surface area contributed by atoms with E-state index in [-0.39, 0.29) is 0 Å². The lowest BCUT2D eigenvalue weighted by atomic mass is 10.7. The molecule has 0 radical (unpaired) electrons. The van der Waals surface area contributed by atoms with Crippen LogP contribution >= 0.6 is 0 Å². The fraction of sp³-hybridized carbons (Fsp3) is 0. The summed E-state index contributed by atoms with van der Waals surface area (Å²) in [4.78, 5) is 29.3. The van der Waals surface area contributed by atoms with Gasteiger partial charge in [0.25, 0.3) is 0 Å². The maximum absolute atomic E-state index is 7.33. The van der Waals surface area contributed by atoms with Crippen LogP contribution in [0.5, 0.6) is 0 Å². The Morgan fingerprint density at radius 3 is 1.36 bits per heavy atom. The first-order valence-electron chi connectivity index (χ1n) is 2.48. The summed E-state index contributed by atoms with van der Waals surface area (Å²) in [6.45, 7) is 0. The van der Waals surface area contributed by atoms with Crippen LogP contribution in [-0.2, 0) is 0 Å². The van der Waals surface area contributed by atoms with Crippen molar-refractivity contribution >= 4 is 9.05 Å². The zero-order chi connectivity index (χ0) is 8.74. The van der Waals surface area contributed by atoms with E-state index in [1.165, 1.54) is 0 Å². The standard InChI is InChI=1S/C3H3N3.H4O4Si/c1-2-4-6-5-3-1;1-5(2,3)4/h1-3H;1-4H. The van der Waals surface area contributed by atoms with Gasteiger partial charge in [0, 0.05) is 0 Å². The van der Waals surface area contributed by atoms with Crippen LogP contribution in [0.2, 0.25) is 0 Å². The zero-order valence-electron chi connectivity index (χ0n) is 5.36. The van der Waals surface area contributed by atoms with Gasteiger partial charge in [-0.25, -0.2) is 0 Å². The molecule has 0 unspecified atom stereocenters. The molecule has 0 atom stereocenters. The quantitative estimate of drug-likeness (QED) is 0.317. The van der Waals surface area contributed by atoms with Crippen molar-refractivity contribution in [1.82, 2.24) is 15.4 Å². The lowest BCUT2D eigenvalue weighted by Gasteiger charge is -1.91. The molecule has 0 aliphatic heterocycles. The van der Waals surface area contributed by atoms with Gasteiger partial charge in [0.1, 0.15) is 0 Å². The molecular formula is C3H7N3O4Si. The number of aromatic nitrogens is 3. The topological polar surface area (TPSA) is 120 Å². The molecule has 1 rings (SSSR count). The van der Waals surface area contributed by atoms with Gasteiger partial charge in [0.15, 0.2) is 0 Å². The molecule has 0 fully saturated rings. The summed E-state index contributed by atoms with van der Waals surface area (Å²) < 4.78 is 0. The summed E-state index contributed by atoms with van der Waals surface area (Å²) in [7, 11) is -4.61. The van der Waals surface area contributed by atoms with E-state index < -0.39 is 9.05 Å². The first-order chi connectivity index (χ1) is 5.00. The summed E-state index contributed by atoms with van der Waals surface area (Å²) in [6.07, 6.45) is 3.15. The Hall–Kier alpha value is -0.933. The van der Waals surface area contributed by atoms with E-state index in [1.54, 1.807) is 18.5 Å². The minimum absolute atomic E-state index is 1.58. The molecule has 0 bridgehead atoms. The number of rotatable bonds is 0. The van der Waals surface area contributed by atoms with E-state index in [1.807, 2.05) is 0 Å². The molecule has 7 nitrogen and oxygen atoms in total. The first kappa shape index (κ1) is 10.1. The molecule has 0 amide bonds. The minimum Gasteiger partial charge on any atom is -0.368 e. The second-order valence-corrected chi connectivity index (χ2v) is 2.61. The maximum atomic E-state index is 7.33. The molecule has 0 aromatic carbocycles. The van der Waals surface area contributed by atoms with Crippen molar-refractivity contribution in [3.63, 3.8) is 0 Å². The van der Waals surface area contributed by atoms with Gasteiger partial charge < -0.3 is 19.2 Å². The molecule has 1 aromatic heterocycles. The Morgan fingerprint density at radius 2 is 1.27 bits per heavy atom. The molecule has 0 saturated carbocycles. The summed E-state index contributed by atoms with van der Waals surface area (Å²) in [5.74, 6) is 0. The molecule has 11 heavy (non-hydrogen) atoms. The monoisotopic (exact) mass is 177 g/mol. The van der Waals surface area contributed by atoms with Crippen molar-refractivity contribution in [3.05, 3.63) is 18.5 Å². The zero-order valence-corrected chi connectivity index (χ0v) is 6.36. The van der Waals surface area contributed by atoms with Crippen LogP contribution in [0.3, 0.4) is 0 Å². The van der Waals surface area contributed by atoms with Crippen LogP contribution < -0.4 is 0 Å². The second kappa shape index (κ2) is 4.82. The second-order valence-electron chi connectivity index (χ2n) is 1.41. The molecule has 0 aliphatic rings. The maximum Gasteiger partial charge on any atom is 0.668 e. The lowest BCUT2D eigenvalue weighted by molar-refractivity contribution is 0.117. The van der Waals surface area contributed by atoms with Gasteiger partial charge >= 0.3 is 9.05 Å². The third kappa shape index (κ3) is 17.6.